The molecule has 289 valence electrons. The molecule has 5 aromatic carbocycles. The number of aliphatic hydroxyl groups is 1. The van der Waals surface area contributed by atoms with E-state index in [0.717, 1.165) is 42.8 Å². The van der Waals surface area contributed by atoms with Crippen LogP contribution in [0.4, 0.5) is 28.4 Å². The van der Waals surface area contributed by atoms with E-state index in [-0.39, 0.29) is 84.8 Å². The standard InChI is InChI=1S/C19H17N3O6S.C17H17N3O5S.Cr.Na/c1-28-19(25)20-13-5-3-4-11-6-8-16(24)18(17(11)13)22-21-14-10-12(29(2,26)27)7-9-15(14)23;1-11(21)16(17(23)18-12-6-4-3-5-7-12)20-19-14-10-13(26(2,24)25)8-9-15(14)22;;/h3-10,23-24H,1-2H3,(H,20,25);3-10,21-22H,1-2H3,(H,18,23);;/q;;+3;+1/p-4. The SMILES string of the molecule is CC(O)=C(N=Nc1cc(S(C)(=O)=O)ccc1[O-])C(=O)Nc1ccccc1.COC([O-])=Nc1cccc2ccc([O-])c(N=Nc3cc(S(C)(=O)=O)ccc3[O-])c12.[Cr+3].[Na+]. The molecule has 1 amide bonds. The molecule has 0 aliphatic carbocycles. The molecule has 0 aliphatic rings. The van der Waals surface area contributed by atoms with Crippen LogP contribution in [0, 0.1) is 0 Å². The van der Waals surface area contributed by atoms with Crippen LogP contribution in [0.25, 0.3) is 10.8 Å². The average molecular weight is 862 g/mol. The van der Waals surface area contributed by atoms with E-state index in [4.69, 9.17) is 0 Å². The quantitative estimate of drug-likeness (QED) is 0.0535. The van der Waals surface area contributed by atoms with Crippen LogP contribution in [0.3, 0.4) is 0 Å². The number of carbonyl (C=O) groups is 1. The molecule has 5 rings (SSSR count). The third-order valence-electron chi connectivity index (χ3n) is 7.17. The Balaban J connectivity index is 0.000000382. The van der Waals surface area contributed by atoms with Gasteiger partial charge in [-0.15, -0.1) is 5.11 Å². The fourth-order valence-corrected chi connectivity index (χ4v) is 5.75. The molecule has 21 heteroatoms. The smallest absolute Gasteiger partial charge is 0.871 e. The zero-order valence-electron chi connectivity index (χ0n) is 30.7. The number of benzene rings is 5. The van der Waals surface area contributed by atoms with Gasteiger partial charge in [0.25, 0.3) is 5.91 Å². The Labute approximate surface area is 360 Å². The van der Waals surface area contributed by atoms with Crippen molar-refractivity contribution in [3.8, 4) is 17.2 Å². The minimum atomic E-state index is -3.56. The number of hydrogen-bond donors (Lipinski definition) is 2. The molecule has 0 aliphatic heterocycles. The fourth-order valence-electron chi connectivity index (χ4n) is 4.47. The number of anilines is 1. The van der Waals surface area contributed by atoms with Crippen molar-refractivity contribution in [1.82, 2.24) is 0 Å². The number of amides is 1. The van der Waals surface area contributed by atoms with Crippen LogP contribution >= 0.6 is 0 Å². The van der Waals surface area contributed by atoms with Gasteiger partial charge in [-0.05, 0) is 61.9 Å². The number of rotatable bonds is 9. The molecule has 57 heavy (non-hydrogen) atoms. The van der Waals surface area contributed by atoms with E-state index in [0.29, 0.717) is 11.1 Å². The summed E-state index contributed by atoms with van der Waals surface area (Å²) in [4.78, 5) is 15.8. The second-order valence-corrected chi connectivity index (χ2v) is 15.4. The van der Waals surface area contributed by atoms with Crippen molar-refractivity contribution in [3.05, 3.63) is 109 Å². The Morgan fingerprint density at radius 2 is 1.26 bits per heavy atom. The first kappa shape index (κ1) is 47.8. The Morgan fingerprint density at radius 3 is 1.79 bits per heavy atom. The van der Waals surface area contributed by atoms with Crippen molar-refractivity contribution >= 4 is 70.9 Å². The Kier molecular flexibility index (Phi) is 17.4. The van der Waals surface area contributed by atoms with Gasteiger partial charge in [-0.1, -0.05) is 71.8 Å². The van der Waals surface area contributed by atoms with Crippen LogP contribution in [-0.2, 0) is 46.6 Å². The first-order chi connectivity index (χ1) is 25.9. The number of fused-ring (bicyclic) bond motifs is 1. The Morgan fingerprint density at radius 1 is 0.719 bits per heavy atom. The van der Waals surface area contributed by atoms with Crippen molar-refractivity contribution in [2.24, 2.45) is 25.4 Å². The molecule has 0 saturated carbocycles. The number of aliphatic imine (C=N–C) groups is 1. The molecule has 0 heterocycles. The van der Waals surface area contributed by atoms with Gasteiger partial charge in [0.2, 0.25) is 0 Å². The van der Waals surface area contributed by atoms with Gasteiger partial charge in [0.1, 0.15) is 5.76 Å². The minimum absolute atomic E-state index is 0. The van der Waals surface area contributed by atoms with Gasteiger partial charge in [-0.3, -0.25) is 4.79 Å². The summed E-state index contributed by atoms with van der Waals surface area (Å²) < 4.78 is 51.0. The summed E-state index contributed by atoms with van der Waals surface area (Å²) in [5.74, 6) is -2.78. The van der Waals surface area contributed by atoms with E-state index < -0.39 is 60.4 Å². The van der Waals surface area contributed by atoms with Crippen LogP contribution in [-0.4, -0.2) is 53.6 Å². The van der Waals surface area contributed by atoms with Crippen molar-refractivity contribution in [3.63, 3.8) is 0 Å². The number of nitrogens with one attached hydrogen (secondary N) is 1. The topological polar surface area (TPSA) is 281 Å². The third kappa shape index (κ3) is 13.1. The molecule has 5 aromatic rings. The van der Waals surface area contributed by atoms with Crippen LogP contribution in [0.2, 0.25) is 0 Å². The van der Waals surface area contributed by atoms with Gasteiger partial charge >= 0.3 is 46.9 Å². The molecule has 1 radical (unpaired) electrons. The number of allylic oxidation sites excluding steroid dienone is 1. The number of aliphatic hydroxyl groups excluding tert-OH is 1. The number of carbonyl (C=O) groups excluding carboxylic acids is 1. The molecular weight excluding hydrogens is 832 g/mol. The number of para-hydroxylation sites is 1. The average Bonchev–Trinajstić information content (AvgIpc) is 3.12. The van der Waals surface area contributed by atoms with Gasteiger partial charge in [0, 0.05) is 23.6 Å². The zero-order chi connectivity index (χ0) is 40.5. The van der Waals surface area contributed by atoms with Crippen LogP contribution in [0.1, 0.15) is 6.92 Å². The molecule has 0 atom stereocenters. The molecule has 0 unspecified atom stereocenters. The molecule has 0 bridgehead atoms. The van der Waals surface area contributed by atoms with E-state index in [1.165, 1.54) is 38.3 Å². The molecule has 17 nitrogen and oxygen atoms in total. The Hall–Kier alpha value is -5.33. The number of azo groups is 2. The Bertz CT molecular complexity index is 2600. The second-order valence-electron chi connectivity index (χ2n) is 11.3. The predicted molar refractivity (Wildman–Crippen MR) is 195 cm³/mol. The van der Waals surface area contributed by atoms with E-state index >= 15 is 0 Å². The van der Waals surface area contributed by atoms with E-state index in [1.807, 2.05) is 0 Å². The summed E-state index contributed by atoms with van der Waals surface area (Å²) in [5.41, 5.74) is -0.429. The van der Waals surface area contributed by atoms with Crippen molar-refractivity contribution < 1.29 is 98.8 Å². The molecule has 2 N–H and O–H groups in total. The summed E-state index contributed by atoms with van der Waals surface area (Å²) in [6.07, 6.45) is 1.12. The molecule has 0 fully saturated rings. The fraction of sp³-hybridized carbons (Fsp3) is 0.111. The van der Waals surface area contributed by atoms with E-state index in [1.54, 1.807) is 42.5 Å². The summed E-state index contributed by atoms with van der Waals surface area (Å²) in [6.45, 7) is 1.24. The summed E-state index contributed by atoms with van der Waals surface area (Å²) in [6, 6.07) is 22.7. The normalized spacial score (nSPS) is 12.2. The monoisotopic (exact) mass is 861 g/mol. The van der Waals surface area contributed by atoms with Gasteiger partial charge in [0.05, 0.1) is 32.5 Å². The summed E-state index contributed by atoms with van der Waals surface area (Å²) in [7, 11) is -5.93. The third-order valence-corrected chi connectivity index (χ3v) is 9.39. The molecule has 0 spiro atoms. The van der Waals surface area contributed by atoms with Crippen molar-refractivity contribution in [2.45, 2.75) is 16.7 Å². The number of ether oxygens (including phenoxy) is 1. The second kappa shape index (κ2) is 20.7. The van der Waals surface area contributed by atoms with E-state index in [9.17, 15) is 47.2 Å². The molecule has 0 saturated heterocycles. The molecule has 0 aromatic heterocycles. The first-order valence-electron chi connectivity index (χ1n) is 15.5. The maximum Gasteiger partial charge on any atom is 3.00 e. The molecular formula is C36H30CrN6NaO11S2. The number of sulfone groups is 2. The van der Waals surface area contributed by atoms with Gasteiger partial charge in [-0.2, -0.15) is 15.3 Å². The maximum atomic E-state index is 12.4. The van der Waals surface area contributed by atoms with Crippen LogP contribution in [0.5, 0.6) is 17.2 Å². The summed E-state index contributed by atoms with van der Waals surface area (Å²) in [5, 5.41) is 75.7. The van der Waals surface area contributed by atoms with Crippen LogP contribution < -0.4 is 55.3 Å². The minimum Gasteiger partial charge on any atom is -0.871 e. The zero-order valence-corrected chi connectivity index (χ0v) is 35.6. The number of methoxy groups -OCH3 is 1. The summed E-state index contributed by atoms with van der Waals surface area (Å²) >= 11 is 0. The predicted octanol–water partition coefficient (Wildman–Crippen LogP) is 1.48. The van der Waals surface area contributed by atoms with Crippen molar-refractivity contribution in [2.75, 3.05) is 24.9 Å². The van der Waals surface area contributed by atoms with Gasteiger partial charge in [-0.25, -0.2) is 21.8 Å². The van der Waals surface area contributed by atoms with Gasteiger partial charge < -0.3 is 35.6 Å². The van der Waals surface area contributed by atoms with Gasteiger partial charge in [0.15, 0.2) is 31.5 Å². The maximum absolute atomic E-state index is 12.4. The number of nitrogens with zero attached hydrogens (tertiary/aromatic N) is 5. The van der Waals surface area contributed by atoms with Crippen molar-refractivity contribution in [1.29, 1.82) is 0 Å². The van der Waals surface area contributed by atoms with Crippen LogP contribution in [0.15, 0.2) is 144 Å². The van der Waals surface area contributed by atoms with E-state index in [2.05, 4.69) is 35.5 Å². The first-order valence-corrected chi connectivity index (χ1v) is 19.3. The number of hydrogen-bond acceptors (Lipinski definition) is 16. The largest absolute Gasteiger partial charge is 3.00 e.